The van der Waals surface area contributed by atoms with Crippen molar-refractivity contribution in [1.29, 1.82) is 0 Å². The van der Waals surface area contributed by atoms with Crippen molar-refractivity contribution in [3.63, 3.8) is 0 Å². The number of carbonyl (C=O) groups is 2. The van der Waals surface area contributed by atoms with E-state index in [0.717, 1.165) is 15.3 Å². The van der Waals surface area contributed by atoms with E-state index in [0.29, 0.717) is 6.54 Å². The normalized spacial score (nSPS) is 13.0. The summed E-state index contributed by atoms with van der Waals surface area (Å²) in [7, 11) is -2.50. The number of hydrogen-bond donors (Lipinski definition) is 1. The molecule has 1 atom stereocenters. The number of benzene rings is 1. The average Bonchev–Trinajstić information content (AvgIpc) is 2.54. The zero-order valence-corrected chi connectivity index (χ0v) is 14.7. The van der Waals surface area contributed by atoms with Crippen LogP contribution in [-0.2, 0) is 24.3 Å². The van der Waals surface area contributed by atoms with Gasteiger partial charge in [0.15, 0.2) is 6.10 Å². The molecule has 1 N–H and O–H groups in total. The standard InChI is InChI=1S/C16H22N2O5S/c1-4-17-16(20)13(2)23-15(19)12-18(3)24(21,22)11-10-14-8-6-5-7-9-14/h5-11,13H,4,12H2,1-3H3,(H,17,20)/b11-10+/t13-/m0/s1. The van der Waals surface area contributed by atoms with E-state index in [4.69, 9.17) is 4.74 Å². The number of nitrogens with one attached hydrogen (secondary N) is 1. The Hall–Kier alpha value is -2.19. The molecule has 0 aromatic heterocycles. The Bertz CT molecular complexity index is 686. The molecule has 0 fully saturated rings. The minimum atomic E-state index is -3.77. The summed E-state index contributed by atoms with van der Waals surface area (Å²) < 4.78 is 30.0. The van der Waals surface area contributed by atoms with Crippen LogP contribution in [0.2, 0.25) is 0 Å². The van der Waals surface area contributed by atoms with Crippen LogP contribution in [0.15, 0.2) is 35.7 Å². The molecular weight excluding hydrogens is 332 g/mol. The quantitative estimate of drug-likeness (QED) is 0.703. The summed E-state index contributed by atoms with van der Waals surface area (Å²) in [6.07, 6.45) is 0.461. The van der Waals surface area contributed by atoms with Crippen molar-refractivity contribution in [1.82, 2.24) is 9.62 Å². The number of carbonyl (C=O) groups excluding carboxylic acids is 2. The average molecular weight is 354 g/mol. The van der Waals surface area contributed by atoms with Gasteiger partial charge in [-0.1, -0.05) is 30.3 Å². The fourth-order valence-electron chi connectivity index (χ4n) is 1.71. The van der Waals surface area contributed by atoms with E-state index in [1.807, 2.05) is 6.07 Å². The number of ether oxygens (including phenoxy) is 1. The van der Waals surface area contributed by atoms with Gasteiger partial charge in [-0.15, -0.1) is 0 Å². The van der Waals surface area contributed by atoms with Crippen LogP contribution in [0.4, 0.5) is 0 Å². The largest absolute Gasteiger partial charge is 0.452 e. The first-order valence-electron chi connectivity index (χ1n) is 7.43. The third-order valence-electron chi connectivity index (χ3n) is 3.05. The van der Waals surface area contributed by atoms with E-state index in [2.05, 4.69) is 5.32 Å². The summed E-state index contributed by atoms with van der Waals surface area (Å²) in [4.78, 5) is 23.3. The second-order valence-corrected chi connectivity index (χ2v) is 6.97. The molecule has 0 aliphatic carbocycles. The van der Waals surface area contributed by atoms with E-state index in [-0.39, 0.29) is 0 Å². The highest BCUT2D eigenvalue weighted by atomic mass is 32.2. The zero-order valence-electron chi connectivity index (χ0n) is 13.9. The molecule has 0 bridgehead atoms. The van der Waals surface area contributed by atoms with E-state index >= 15 is 0 Å². The minimum Gasteiger partial charge on any atom is -0.452 e. The minimum absolute atomic E-state index is 0.416. The molecule has 0 unspecified atom stereocenters. The Morgan fingerprint density at radius 1 is 1.29 bits per heavy atom. The van der Waals surface area contributed by atoms with Crippen molar-refractivity contribution in [2.24, 2.45) is 0 Å². The van der Waals surface area contributed by atoms with Crippen LogP contribution in [0.3, 0.4) is 0 Å². The lowest BCUT2D eigenvalue weighted by molar-refractivity contribution is -0.154. The lowest BCUT2D eigenvalue weighted by atomic mass is 10.2. The Morgan fingerprint density at radius 3 is 2.50 bits per heavy atom. The van der Waals surface area contributed by atoms with Gasteiger partial charge in [0.1, 0.15) is 6.54 Å². The van der Waals surface area contributed by atoms with Gasteiger partial charge in [-0.25, -0.2) is 8.42 Å². The van der Waals surface area contributed by atoms with E-state index < -0.39 is 34.5 Å². The number of esters is 1. The van der Waals surface area contributed by atoms with Crippen LogP contribution < -0.4 is 5.32 Å². The van der Waals surface area contributed by atoms with Crippen LogP contribution in [0.1, 0.15) is 19.4 Å². The first-order chi connectivity index (χ1) is 11.3. The molecule has 0 heterocycles. The molecule has 0 saturated heterocycles. The van der Waals surface area contributed by atoms with Crippen molar-refractivity contribution in [3.05, 3.63) is 41.3 Å². The molecule has 1 aromatic carbocycles. The van der Waals surface area contributed by atoms with E-state index in [1.54, 1.807) is 31.2 Å². The Morgan fingerprint density at radius 2 is 1.92 bits per heavy atom. The molecule has 0 aliphatic heterocycles. The third kappa shape index (κ3) is 6.51. The number of hydrogen-bond acceptors (Lipinski definition) is 5. The number of sulfonamides is 1. The van der Waals surface area contributed by atoms with Gasteiger partial charge in [0.25, 0.3) is 5.91 Å². The van der Waals surface area contributed by atoms with Crippen molar-refractivity contribution in [3.8, 4) is 0 Å². The van der Waals surface area contributed by atoms with Crippen LogP contribution in [-0.4, -0.2) is 50.8 Å². The maximum atomic E-state index is 12.1. The molecule has 132 valence electrons. The van der Waals surface area contributed by atoms with Gasteiger partial charge >= 0.3 is 5.97 Å². The second kappa shape index (κ2) is 9.19. The molecule has 24 heavy (non-hydrogen) atoms. The summed E-state index contributed by atoms with van der Waals surface area (Å²) in [6.45, 7) is 3.10. The lowest BCUT2D eigenvalue weighted by Gasteiger charge is -2.16. The van der Waals surface area contributed by atoms with Crippen molar-refractivity contribution < 1.29 is 22.7 Å². The molecule has 1 rings (SSSR count). The molecule has 7 nitrogen and oxygen atoms in total. The Balaban J connectivity index is 2.62. The fourth-order valence-corrected chi connectivity index (χ4v) is 2.53. The second-order valence-electron chi connectivity index (χ2n) is 5.04. The maximum Gasteiger partial charge on any atom is 0.322 e. The van der Waals surface area contributed by atoms with Gasteiger partial charge in [0.05, 0.1) is 0 Å². The first-order valence-corrected chi connectivity index (χ1v) is 8.93. The predicted octanol–water partition coefficient (Wildman–Crippen LogP) is 0.987. The van der Waals surface area contributed by atoms with Crippen LogP contribution >= 0.6 is 0 Å². The summed E-state index contributed by atoms with van der Waals surface area (Å²) in [6, 6.07) is 8.92. The highest BCUT2D eigenvalue weighted by Gasteiger charge is 2.22. The summed E-state index contributed by atoms with van der Waals surface area (Å²) in [5.74, 6) is -1.23. The monoisotopic (exact) mass is 354 g/mol. The molecule has 0 aliphatic rings. The molecule has 1 amide bonds. The van der Waals surface area contributed by atoms with E-state index in [9.17, 15) is 18.0 Å². The molecule has 1 aromatic rings. The lowest BCUT2D eigenvalue weighted by Crippen LogP contribution is -2.38. The maximum absolute atomic E-state index is 12.1. The molecule has 0 radical (unpaired) electrons. The highest BCUT2D eigenvalue weighted by molar-refractivity contribution is 7.92. The van der Waals surface area contributed by atoms with Gasteiger partial charge in [-0.2, -0.15) is 4.31 Å². The van der Waals surface area contributed by atoms with Crippen molar-refractivity contribution in [2.45, 2.75) is 20.0 Å². The van der Waals surface area contributed by atoms with Crippen LogP contribution in [0.25, 0.3) is 6.08 Å². The van der Waals surface area contributed by atoms with Crippen LogP contribution in [0, 0.1) is 0 Å². The molecule has 0 spiro atoms. The molecule has 8 heteroatoms. The highest BCUT2D eigenvalue weighted by Crippen LogP contribution is 2.07. The molecular formula is C16H22N2O5S. The van der Waals surface area contributed by atoms with E-state index in [1.165, 1.54) is 20.0 Å². The van der Waals surface area contributed by atoms with Gasteiger partial charge in [-0.05, 0) is 25.5 Å². The fraction of sp³-hybridized carbons (Fsp3) is 0.375. The summed E-state index contributed by atoms with van der Waals surface area (Å²) in [5, 5.41) is 3.53. The van der Waals surface area contributed by atoms with Gasteiger partial charge in [-0.3, -0.25) is 9.59 Å². The Labute approximate surface area is 142 Å². The van der Waals surface area contributed by atoms with Crippen molar-refractivity contribution >= 4 is 28.0 Å². The zero-order chi connectivity index (χ0) is 18.2. The Kier molecular flexibility index (Phi) is 7.60. The number of likely N-dealkylation sites (N-methyl/N-ethyl adjacent to an activating group) is 2. The third-order valence-corrected chi connectivity index (χ3v) is 4.52. The smallest absolute Gasteiger partial charge is 0.322 e. The predicted molar refractivity (Wildman–Crippen MR) is 91.3 cm³/mol. The van der Waals surface area contributed by atoms with Gasteiger partial charge in [0, 0.05) is 19.0 Å². The number of rotatable bonds is 8. The number of amides is 1. The topological polar surface area (TPSA) is 92.8 Å². The van der Waals surface area contributed by atoms with Crippen LogP contribution in [0.5, 0.6) is 0 Å². The molecule has 0 saturated carbocycles. The first kappa shape index (κ1) is 19.9. The summed E-state index contributed by atoms with van der Waals surface area (Å²) >= 11 is 0. The number of nitrogens with zero attached hydrogens (tertiary/aromatic N) is 1. The summed E-state index contributed by atoms with van der Waals surface area (Å²) in [5.41, 5.74) is 0.724. The van der Waals surface area contributed by atoms with Gasteiger partial charge in [0.2, 0.25) is 10.0 Å². The SMILES string of the molecule is CCNC(=O)[C@H](C)OC(=O)CN(C)S(=O)(=O)/C=C/c1ccccc1. The van der Waals surface area contributed by atoms with Gasteiger partial charge < -0.3 is 10.1 Å². The van der Waals surface area contributed by atoms with Crippen molar-refractivity contribution in [2.75, 3.05) is 20.1 Å².